The summed E-state index contributed by atoms with van der Waals surface area (Å²) in [5, 5.41) is 1.78. The molecule has 1 aromatic heterocycles. The van der Waals surface area contributed by atoms with Crippen LogP contribution in [0.3, 0.4) is 0 Å². The minimum Gasteiger partial charge on any atom is -0.451 e. The van der Waals surface area contributed by atoms with Gasteiger partial charge in [0.05, 0.1) is 0 Å². The molecule has 122 valence electrons. The number of fused-ring (bicyclic) bond motifs is 1. The van der Waals surface area contributed by atoms with Crippen LogP contribution in [0.1, 0.15) is 17.0 Å². The largest absolute Gasteiger partial charge is 0.451 e. The van der Waals surface area contributed by atoms with Gasteiger partial charge in [0.1, 0.15) is 5.58 Å². The minimum atomic E-state index is -3.42. The highest BCUT2D eigenvalue weighted by Crippen LogP contribution is 2.23. The molecule has 7 heteroatoms. The molecule has 0 aliphatic carbocycles. The lowest BCUT2D eigenvalue weighted by Crippen LogP contribution is -2.32. The van der Waals surface area contributed by atoms with Crippen LogP contribution in [0.25, 0.3) is 11.0 Å². The predicted octanol–water partition coefficient (Wildman–Crippen LogP) is 1.96. The van der Waals surface area contributed by atoms with Gasteiger partial charge in [-0.15, -0.1) is 0 Å². The molecule has 0 spiro atoms. The molecule has 0 unspecified atom stereocenters. The predicted molar refractivity (Wildman–Crippen MR) is 87.3 cm³/mol. The zero-order chi connectivity index (χ0) is 16.4. The Bertz CT molecular complexity index is 808. The molecule has 1 amide bonds. The average Bonchev–Trinajstić information content (AvgIpc) is 3.19. The van der Waals surface area contributed by atoms with E-state index in [1.54, 1.807) is 11.0 Å². The van der Waals surface area contributed by atoms with Gasteiger partial charge in [0.15, 0.2) is 5.76 Å². The van der Waals surface area contributed by atoms with Gasteiger partial charge in [0.25, 0.3) is 5.91 Å². The lowest BCUT2D eigenvalue weighted by Gasteiger charge is -2.15. The third-order valence-electron chi connectivity index (χ3n) is 4.00. The van der Waals surface area contributed by atoms with Crippen LogP contribution in [0.2, 0.25) is 0 Å². The Morgan fingerprint density at radius 2 is 2.22 bits per heavy atom. The van der Waals surface area contributed by atoms with Crippen molar-refractivity contribution in [3.05, 3.63) is 48.1 Å². The highest BCUT2D eigenvalue weighted by Gasteiger charge is 2.29. The number of hydrogen-bond donors (Lipinski definition) is 1. The quantitative estimate of drug-likeness (QED) is 0.906. The standard InChI is InChI=1S/C16H18N2O4S/c1-2-23(20,21)17-10-12-7-8-18(11-12)16(19)15-9-13-5-3-4-6-14(13)22-15/h2-6,9,12,17H,1,7-8,10-11H2/t12-/m1/s1. The van der Waals surface area contributed by atoms with Crippen molar-refractivity contribution < 1.29 is 17.6 Å². The minimum absolute atomic E-state index is 0.0954. The Hall–Kier alpha value is -2.12. The molecule has 1 aliphatic rings. The molecule has 1 atom stereocenters. The van der Waals surface area contributed by atoms with Crippen LogP contribution < -0.4 is 4.72 Å². The van der Waals surface area contributed by atoms with Gasteiger partial charge in [-0.3, -0.25) is 4.79 Å². The third-order valence-corrected chi connectivity index (χ3v) is 5.01. The summed E-state index contributed by atoms with van der Waals surface area (Å²) in [6, 6.07) is 9.21. The molecule has 1 aromatic carbocycles. The zero-order valence-electron chi connectivity index (χ0n) is 12.6. The molecular weight excluding hydrogens is 316 g/mol. The first kappa shape index (κ1) is 15.8. The Labute approximate surface area is 134 Å². The average molecular weight is 334 g/mol. The van der Waals surface area contributed by atoms with Gasteiger partial charge < -0.3 is 9.32 Å². The second-order valence-electron chi connectivity index (χ2n) is 5.61. The molecule has 1 aliphatic heterocycles. The first-order valence-electron chi connectivity index (χ1n) is 7.38. The van der Waals surface area contributed by atoms with E-state index in [-0.39, 0.29) is 11.8 Å². The van der Waals surface area contributed by atoms with Gasteiger partial charge in [-0.25, -0.2) is 13.1 Å². The Morgan fingerprint density at radius 1 is 1.43 bits per heavy atom. The molecule has 0 radical (unpaired) electrons. The molecule has 6 nitrogen and oxygen atoms in total. The smallest absolute Gasteiger partial charge is 0.289 e. The maximum Gasteiger partial charge on any atom is 0.289 e. The monoisotopic (exact) mass is 334 g/mol. The zero-order valence-corrected chi connectivity index (χ0v) is 13.4. The van der Waals surface area contributed by atoms with Crippen molar-refractivity contribution in [2.75, 3.05) is 19.6 Å². The van der Waals surface area contributed by atoms with Crippen molar-refractivity contribution in [2.24, 2.45) is 5.92 Å². The number of sulfonamides is 1. The summed E-state index contributed by atoms with van der Waals surface area (Å²) in [6.07, 6.45) is 0.756. The summed E-state index contributed by atoms with van der Waals surface area (Å²) in [7, 11) is -3.42. The third kappa shape index (κ3) is 3.46. The van der Waals surface area contributed by atoms with Gasteiger partial charge in [0, 0.05) is 30.4 Å². The number of rotatable bonds is 5. The van der Waals surface area contributed by atoms with E-state index >= 15 is 0 Å². The van der Waals surface area contributed by atoms with Crippen LogP contribution >= 0.6 is 0 Å². The number of furan rings is 1. The number of benzene rings is 1. The van der Waals surface area contributed by atoms with E-state index in [0.717, 1.165) is 17.2 Å². The number of hydrogen-bond acceptors (Lipinski definition) is 4. The number of nitrogens with zero attached hydrogens (tertiary/aromatic N) is 1. The van der Waals surface area contributed by atoms with E-state index in [0.29, 0.717) is 31.0 Å². The Kier molecular flexibility index (Phi) is 4.23. The van der Waals surface area contributed by atoms with E-state index in [9.17, 15) is 13.2 Å². The molecule has 3 rings (SSSR count). The van der Waals surface area contributed by atoms with Crippen molar-refractivity contribution in [2.45, 2.75) is 6.42 Å². The Morgan fingerprint density at radius 3 is 2.96 bits per heavy atom. The molecule has 0 bridgehead atoms. The summed E-state index contributed by atoms with van der Waals surface area (Å²) in [4.78, 5) is 14.2. The molecule has 1 fully saturated rings. The van der Waals surface area contributed by atoms with Gasteiger partial charge in [-0.05, 0) is 24.5 Å². The van der Waals surface area contributed by atoms with Gasteiger partial charge >= 0.3 is 0 Å². The number of amides is 1. The summed E-state index contributed by atoms with van der Waals surface area (Å²) in [5.74, 6) is 0.256. The van der Waals surface area contributed by atoms with E-state index in [1.165, 1.54) is 0 Å². The fraction of sp³-hybridized carbons (Fsp3) is 0.312. The van der Waals surface area contributed by atoms with Crippen molar-refractivity contribution >= 4 is 26.9 Å². The maximum absolute atomic E-state index is 12.5. The van der Waals surface area contributed by atoms with E-state index in [1.807, 2.05) is 24.3 Å². The summed E-state index contributed by atoms with van der Waals surface area (Å²) < 4.78 is 30.8. The second kappa shape index (κ2) is 6.17. The molecule has 1 saturated heterocycles. The summed E-state index contributed by atoms with van der Waals surface area (Å²) >= 11 is 0. The van der Waals surface area contributed by atoms with Crippen LogP contribution in [0.4, 0.5) is 0 Å². The molecule has 1 N–H and O–H groups in total. The van der Waals surface area contributed by atoms with Crippen LogP contribution in [-0.2, 0) is 10.0 Å². The number of carbonyl (C=O) groups excluding carboxylic acids is 1. The fourth-order valence-corrected chi connectivity index (χ4v) is 3.31. The molecule has 2 aromatic rings. The topological polar surface area (TPSA) is 79.6 Å². The van der Waals surface area contributed by atoms with Crippen molar-refractivity contribution in [1.29, 1.82) is 0 Å². The number of likely N-dealkylation sites (tertiary alicyclic amines) is 1. The van der Waals surface area contributed by atoms with Gasteiger partial charge in [0.2, 0.25) is 10.0 Å². The lowest BCUT2D eigenvalue weighted by atomic mass is 10.1. The molecule has 0 saturated carbocycles. The fourth-order valence-electron chi connectivity index (χ4n) is 2.72. The second-order valence-corrected chi connectivity index (χ2v) is 7.33. The van der Waals surface area contributed by atoms with E-state index in [4.69, 9.17) is 4.42 Å². The van der Waals surface area contributed by atoms with E-state index < -0.39 is 10.0 Å². The SMILES string of the molecule is C=CS(=O)(=O)NC[C@H]1CCN(C(=O)c2cc3ccccc3o2)C1. The van der Waals surface area contributed by atoms with Gasteiger partial charge in [-0.1, -0.05) is 24.8 Å². The van der Waals surface area contributed by atoms with Crippen LogP contribution in [0, 0.1) is 5.92 Å². The number of nitrogens with one attached hydrogen (secondary N) is 1. The summed E-state index contributed by atoms with van der Waals surface area (Å²) in [6.45, 7) is 4.66. The molecule has 2 heterocycles. The number of para-hydroxylation sites is 1. The maximum atomic E-state index is 12.5. The van der Waals surface area contributed by atoms with Crippen LogP contribution in [-0.4, -0.2) is 38.9 Å². The molecular formula is C16H18N2O4S. The van der Waals surface area contributed by atoms with Gasteiger partial charge in [-0.2, -0.15) is 0 Å². The van der Waals surface area contributed by atoms with Crippen LogP contribution in [0.5, 0.6) is 0 Å². The van der Waals surface area contributed by atoms with E-state index in [2.05, 4.69) is 11.3 Å². The first-order chi connectivity index (χ1) is 11.0. The number of carbonyl (C=O) groups is 1. The highest BCUT2D eigenvalue weighted by atomic mass is 32.2. The normalized spacial score (nSPS) is 18.4. The van der Waals surface area contributed by atoms with Crippen molar-refractivity contribution in [1.82, 2.24) is 9.62 Å². The van der Waals surface area contributed by atoms with Crippen molar-refractivity contribution in [3.63, 3.8) is 0 Å². The highest BCUT2D eigenvalue weighted by molar-refractivity contribution is 7.92. The van der Waals surface area contributed by atoms with Crippen LogP contribution in [0.15, 0.2) is 46.7 Å². The molecule has 23 heavy (non-hydrogen) atoms. The first-order valence-corrected chi connectivity index (χ1v) is 8.93. The summed E-state index contributed by atoms with van der Waals surface area (Å²) in [5.41, 5.74) is 0.685. The lowest BCUT2D eigenvalue weighted by molar-refractivity contribution is 0.0758. The van der Waals surface area contributed by atoms with Crippen molar-refractivity contribution in [3.8, 4) is 0 Å². The Balaban J connectivity index is 1.64.